The maximum absolute atomic E-state index is 12.9. The zero-order valence-electron chi connectivity index (χ0n) is 13.1. The molecule has 1 aromatic carbocycles. The van der Waals surface area contributed by atoms with E-state index in [2.05, 4.69) is 4.98 Å². The summed E-state index contributed by atoms with van der Waals surface area (Å²) >= 11 is 0. The summed E-state index contributed by atoms with van der Waals surface area (Å²) in [6.07, 6.45) is 1.21. The summed E-state index contributed by atoms with van der Waals surface area (Å²) in [5, 5.41) is 0. The number of amides is 1. The van der Waals surface area contributed by atoms with Crippen molar-refractivity contribution in [1.29, 1.82) is 0 Å². The smallest absolute Gasteiger partial charge is 0.244 e. The first-order valence-electron chi connectivity index (χ1n) is 7.61. The van der Waals surface area contributed by atoms with Crippen molar-refractivity contribution in [3.8, 4) is 0 Å². The number of pyridine rings is 1. The van der Waals surface area contributed by atoms with Gasteiger partial charge in [-0.1, -0.05) is 30.3 Å². The van der Waals surface area contributed by atoms with Crippen LogP contribution in [0.4, 0.5) is 10.2 Å². The number of carbonyl (C=O) groups is 1. The first-order valence-corrected chi connectivity index (χ1v) is 7.61. The molecule has 5 nitrogen and oxygen atoms in total. The third kappa shape index (κ3) is 4.01. The van der Waals surface area contributed by atoms with Gasteiger partial charge in [0.1, 0.15) is 17.7 Å². The summed E-state index contributed by atoms with van der Waals surface area (Å²) in [6, 6.07) is 11.8. The standard InChI is InChI=1S/C17H19FN4O.ClH/c18-14-6-7-15(20-12-14)21-8-10-22(11-9-21)17(23)16(19)13-4-2-1-3-5-13;/h1-7,12,16H,8-11,19H2;1H. The minimum atomic E-state index is -0.633. The molecule has 0 bridgehead atoms. The van der Waals surface area contributed by atoms with Crippen molar-refractivity contribution in [1.82, 2.24) is 9.88 Å². The number of halogens is 2. The lowest BCUT2D eigenvalue weighted by molar-refractivity contribution is -0.133. The van der Waals surface area contributed by atoms with Crippen LogP contribution in [0, 0.1) is 5.82 Å². The minimum Gasteiger partial charge on any atom is -0.353 e. The number of rotatable bonds is 3. The molecular formula is C17H20ClFN4O. The van der Waals surface area contributed by atoms with Crippen LogP contribution >= 0.6 is 12.4 Å². The Hall–Kier alpha value is -2.18. The topological polar surface area (TPSA) is 62.5 Å². The Morgan fingerprint density at radius 3 is 2.33 bits per heavy atom. The first-order chi connectivity index (χ1) is 11.1. The Balaban J connectivity index is 0.00000208. The zero-order valence-corrected chi connectivity index (χ0v) is 14.0. The second kappa shape index (κ2) is 8.08. The van der Waals surface area contributed by atoms with E-state index in [0.717, 1.165) is 11.4 Å². The van der Waals surface area contributed by atoms with Gasteiger partial charge in [-0.15, -0.1) is 12.4 Å². The lowest BCUT2D eigenvalue weighted by Crippen LogP contribution is -2.51. The maximum Gasteiger partial charge on any atom is 0.244 e. The number of hydrogen-bond donors (Lipinski definition) is 1. The van der Waals surface area contributed by atoms with Crippen LogP contribution in [0.25, 0.3) is 0 Å². The van der Waals surface area contributed by atoms with E-state index in [1.54, 1.807) is 11.0 Å². The predicted molar refractivity (Wildman–Crippen MR) is 93.6 cm³/mol. The molecule has 0 radical (unpaired) electrons. The second-order valence-electron chi connectivity index (χ2n) is 5.54. The van der Waals surface area contributed by atoms with E-state index < -0.39 is 6.04 Å². The fourth-order valence-corrected chi connectivity index (χ4v) is 2.71. The zero-order chi connectivity index (χ0) is 16.2. The molecule has 1 unspecified atom stereocenters. The molecular weight excluding hydrogens is 331 g/mol. The maximum atomic E-state index is 12.9. The Kier molecular flexibility index (Phi) is 6.11. The van der Waals surface area contributed by atoms with Crippen molar-refractivity contribution >= 4 is 24.1 Å². The minimum absolute atomic E-state index is 0. The first kappa shape index (κ1) is 18.2. The Morgan fingerprint density at radius 2 is 1.75 bits per heavy atom. The molecule has 1 saturated heterocycles. The van der Waals surface area contributed by atoms with Gasteiger partial charge in [-0.05, 0) is 17.7 Å². The van der Waals surface area contributed by atoms with E-state index in [-0.39, 0.29) is 24.1 Å². The molecule has 1 fully saturated rings. The molecule has 7 heteroatoms. The largest absolute Gasteiger partial charge is 0.353 e. The highest BCUT2D eigenvalue weighted by molar-refractivity contribution is 5.85. The molecule has 1 amide bonds. The Morgan fingerprint density at radius 1 is 1.08 bits per heavy atom. The number of nitrogens with zero attached hydrogens (tertiary/aromatic N) is 3. The lowest BCUT2D eigenvalue weighted by atomic mass is 10.1. The molecule has 24 heavy (non-hydrogen) atoms. The quantitative estimate of drug-likeness (QED) is 0.919. The molecule has 0 spiro atoms. The number of nitrogens with two attached hydrogens (primary N) is 1. The molecule has 2 heterocycles. The van der Waals surface area contributed by atoms with E-state index in [0.29, 0.717) is 26.2 Å². The van der Waals surface area contributed by atoms with Gasteiger partial charge in [0.2, 0.25) is 5.91 Å². The number of hydrogen-bond acceptors (Lipinski definition) is 4. The third-order valence-corrected chi connectivity index (χ3v) is 4.05. The Bertz CT molecular complexity index is 660. The molecule has 1 aromatic heterocycles. The van der Waals surface area contributed by atoms with Crippen molar-refractivity contribution in [2.75, 3.05) is 31.1 Å². The normalized spacial score (nSPS) is 15.6. The average molecular weight is 351 g/mol. The van der Waals surface area contributed by atoms with Crippen LogP contribution in [0.3, 0.4) is 0 Å². The van der Waals surface area contributed by atoms with Crippen molar-refractivity contribution in [2.24, 2.45) is 5.73 Å². The number of benzene rings is 1. The molecule has 0 aliphatic carbocycles. The lowest BCUT2D eigenvalue weighted by Gasteiger charge is -2.36. The van der Waals surface area contributed by atoms with Crippen LogP contribution in [-0.2, 0) is 4.79 Å². The van der Waals surface area contributed by atoms with Gasteiger partial charge in [0.15, 0.2) is 0 Å². The molecule has 1 aliphatic heterocycles. The summed E-state index contributed by atoms with van der Waals surface area (Å²) in [7, 11) is 0. The van der Waals surface area contributed by atoms with E-state index in [1.807, 2.05) is 35.2 Å². The van der Waals surface area contributed by atoms with E-state index >= 15 is 0 Å². The van der Waals surface area contributed by atoms with Crippen LogP contribution in [0.5, 0.6) is 0 Å². The van der Waals surface area contributed by atoms with E-state index in [1.165, 1.54) is 12.3 Å². The Labute approximate surface area is 146 Å². The van der Waals surface area contributed by atoms with Gasteiger partial charge in [-0.2, -0.15) is 0 Å². The highest BCUT2D eigenvalue weighted by Crippen LogP contribution is 2.17. The van der Waals surface area contributed by atoms with Crippen LogP contribution in [0.1, 0.15) is 11.6 Å². The van der Waals surface area contributed by atoms with Gasteiger partial charge in [0, 0.05) is 26.2 Å². The summed E-state index contributed by atoms with van der Waals surface area (Å²) in [4.78, 5) is 20.4. The van der Waals surface area contributed by atoms with Crippen LogP contribution in [-0.4, -0.2) is 42.0 Å². The summed E-state index contributed by atoms with van der Waals surface area (Å²) in [5.41, 5.74) is 6.89. The number of anilines is 1. The van der Waals surface area contributed by atoms with Crippen LogP contribution in [0.2, 0.25) is 0 Å². The van der Waals surface area contributed by atoms with Crippen LogP contribution in [0.15, 0.2) is 48.7 Å². The van der Waals surface area contributed by atoms with Gasteiger partial charge < -0.3 is 15.5 Å². The molecule has 128 valence electrons. The summed E-state index contributed by atoms with van der Waals surface area (Å²) in [5.74, 6) is 0.310. The van der Waals surface area contributed by atoms with E-state index in [9.17, 15) is 9.18 Å². The van der Waals surface area contributed by atoms with Crippen molar-refractivity contribution in [2.45, 2.75) is 6.04 Å². The number of aromatic nitrogens is 1. The molecule has 1 aliphatic rings. The van der Waals surface area contributed by atoms with Crippen molar-refractivity contribution in [3.63, 3.8) is 0 Å². The monoisotopic (exact) mass is 350 g/mol. The van der Waals surface area contributed by atoms with Crippen molar-refractivity contribution in [3.05, 3.63) is 60.0 Å². The predicted octanol–water partition coefficient (Wildman–Crippen LogP) is 1.99. The summed E-state index contributed by atoms with van der Waals surface area (Å²) in [6.45, 7) is 2.48. The van der Waals surface area contributed by atoms with Crippen LogP contribution < -0.4 is 10.6 Å². The number of carbonyl (C=O) groups excluding carboxylic acids is 1. The fourth-order valence-electron chi connectivity index (χ4n) is 2.71. The molecule has 2 N–H and O–H groups in total. The third-order valence-electron chi connectivity index (χ3n) is 4.05. The molecule has 3 rings (SSSR count). The SMILES string of the molecule is Cl.NC(C(=O)N1CCN(c2ccc(F)cn2)CC1)c1ccccc1. The van der Waals surface area contributed by atoms with Gasteiger partial charge in [0.05, 0.1) is 6.20 Å². The second-order valence-corrected chi connectivity index (χ2v) is 5.54. The fraction of sp³-hybridized carbons (Fsp3) is 0.294. The molecule has 2 aromatic rings. The van der Waals surface area contributed by atoms with Gasteiger partial charge >= 0.3 is 0 Å². The van der Waals surface area contributed by atoms with Crippen molar-refractivity contribution < 1.29 is 9.18 Å². The van der Waals surface area contributed by atoms with Gasteiger partial charge in [-0.3, -0.25) is 4.79 Å². The van der Waals surface area contributed by atoms with E-state index in [4.69, 9.17) is 5.73 Å². The summed E-state index contributed by atoms with van der Waals surface area (Å²) < 4.78 is 12.9. The highest BCUT2D eigenvalue weighted by atomic mass is 35.5. The highest BCUT2D eigenvalue weighted by Gasteiger charge is 2.26. The number of piperazine rings is 1. The molecule has 1 atom stereocenters. The van der Waals surface area contributed by atoms with Gasteiger partial charge in [-0.25, -0.2) is 9.37 Å². The molecule has 0 saturated carbocycles. The van der Waals surface area contributed by atoms with Gasteiger partial charge in [0.25, 0.3) is 0 Å². The average Bonchev–Trinajstić information content (AvgIpc) is 2.62.